The Kier molecular flexibility index (Phi) is 4.99. The maximum Gasteiger partial charge on any atom is 0.410 e. The van der Waals surface area contributed by atoms with Gasteiger partial charge in [0.15, 0.2) is 0 Å². The van der Waals surface area contributed by atoms with E-state index in [2.05, 4.69) is 17.1 Å². The lowest BCUT2D eigenvalue weighted by Gasteiger charge is -2.28. The highest BCUT2D eigenvalue weighted by Gasteiger charge is 2.31. The lowest BCUT2D eigenvalue weighted by molar-refractivity contribution is 0.0228. The number of rotatable bonds is 3. The van der Waals surface area contributed by atoms with Gasteiger partial charge in [0.2, 0.25) is 0 Å². The van der Waals surface area contributed by atoms with Crippen molar-refractivity contribution in [3.63, 3.8) is 0 Å². The monoisotopic (exact) mass is 288 g/mol. The van der Waals surface area contributed by atoms with Crippen molar-refractivity contribution < 1.29 is 9.53 Å². The van der Waals surface area contributed by atoms with Crippen molar-refractivity contribution >= 4 is 12.2 Å². The first-order chi connectivity index (χ1) is 9.96. The third-order valence-electron chi connectivity index (χ3n) is 3.41. The van der Waals surface area contributed by atoms with E-state index in [1.54, 1.807) is 6.20 Å². The van der Waals surface area contributed by atoms with Crippen LogP contribution in [0.5, 0.6) is 0 Å². The van der Waals surface area contributed by atoms with E-state index in [1.165, 1.54) is 0 Å². The van der Waals surface area contributed by atoms with E-state index in [1.807, 2.05) is 44.0 Å². The Morgan fingerprint density at radius 3 is 3.00 bits per heavy atom. The van der Waals surface area contributed by atoms with Crippen molar-refractivity contribution in [1.82, 2.24) is 9.88 Å². The largest absolute Gasteiger partial charge is 0.444 e. The Labute approximate surface area is 126 Å². The molecular weight excluding hydrogens is 264 g/mol. The summed E-state index contributed by atoms with van der Waals surface area (Å²) in [5.74, 6) is 0. The number of pyridine rings is 1. The fourth-order valence-electron chi connectivity index (χ4n) is 2.48. The lowest BCUT2D eigenvalue weighted by atomic mass is 10.1. The summed E-state index contributed by atoms with van der Waals surface area (Å²) in [6.07, 6.45) is 10.5. The first kappa shape index (κ1) is 15.5. The summed E-state index contributed by atoms with van der Waals surface area (Å²) >= 11 is 0. The molecule has 1 aliphatic heterocycles. The fourth-order valence-corrected chi connectivity index (χ4v) is 2.48. The second kappa shape index (κ2) is 6.74. The molecule has 0 bridgehead atoms. The van der Waals surface area contributed by atoms with Gasteiger partial charge in [0.25, 0.3) is 0 Å². The summed E-state index contributed by atoms with van der Waals surface area (Å²) in [4.78, 5) is 18.1. The molecule has 4 nitrogen and oxygen atoms in total. The molecular formula is C17H24N2O2. The molecule has 1 saturated heterocycles. The minimum atomic E-state index is -0.435. The highest BCUT2D eigenvalue weighted by Crippen LogP contribution is 2.23. The smallest absolute Gasteiger partial charge is 0.410 e. The maximum absolute atomic E-state index is 12.2. The van der Waals surface area contributed by atoms with Gasteiger partial charge in [0.05, 0.1) is 0 Å². The van der Waals surface area contributed by atoms with Gasteiger partial charge >= 0.3 is 6.09 Å². The number of likely N-dealkylation sites (tertiary alicyclic amines) is 1. The number of nitrogens with zero attached hydrogens (tertiary/aromatic N) is 2. The predicted molar refractivity (Wildman–Crippen MR) is 83.9 cm³/mol. The number of hydrogen-bond acceptors (Lipinski definition) is 3. The first-order valence-electron chi connectivity index (χ1n) is 7.52. The number of aromatic nitrogens is 1. The van der Waals surface area contributed by atoms with Gasteiger partial charge < -0.3 is 9.64 Å². The number of carbonyl (C=O) groups excluding carboxylic acids is 1. The van der Waals surface area contributed by atoms with Crippen molar-refractivity contribution in [2.24, 2.45) is 0 Å². The normalized spacial score (nSPS) is 19.2. The van der Waals surface area contributed by atoms with Crippen LogP contribution < -0.4 is 0 Å². The van der Waals surface area contributed by atoms with Gasteiger partial charge in [-0.05, 0) is 51.7 Å². The lowest BCUT2D eigenvalue weighted by Crippen LogP contribution is -2.39. The van der Waals surface area contributed by atoms with Crippen LogP contribution in [0, 0.1) is 0 Å². The number of ether oxygens (including phenoxy) is 1. The third-order valence-corrected chi connectivity index (χ3v) is 3.41. The summed E-state index contributed by atoms with van der Waals surface area (Å²) in [7, 11) is 0. The molecule has 0 spiro atoms. The second-order valence-electron chi connectivity index (χ2n) is 6.39. The zero-order valence-corrected chi connectivity index (χ0v) is 13.1. The molecule has 4 heteroatoms. The van der Waals surface area contributed by atoms with Gasteiger partial charge in [0.1, 0.15) is 5.60 Å². The van der Waals surface area contributed by atoms with E-state index >= 15 is 0 Å². The van der Waals surface area contributed by atoms with Gasteiger partial charge in [0, 0.05) is 25.0 Å². The van der Waals surface area contributed by atoms with Crippen LogP contribution in [0.15, 0.2) is 30.6 Å². The topological polar surface area (TPSA) is 42.4 Å². The van der Waals surface area contributed by atoms with Gasteiger partial charge in [-0.1, -0.05) is 18.2 Å². The molecule has 1 fully saturated rings. The highest BCUT2D eigenvalue weighted by molar-refractivity contribution is 5.69. The summed E-state index contributed by atoms with van der Waals surface area (Å²) in [6.45, 7) is 6.50. The SMILES string of the molecule is CC(C)(C)OC(=O)N1CCCC1C/C=C\c1cccnc1. The Morgan fingerprint density at radius 2 is 2.33 bits per heavy atom. The van der Waals surface area contributed by atoms with Gasteiger partial charge in [-0.2, -0.15) is 0 Å². The molecule has 2 heterocycles. The highest BCUT2D eigenvalue weighted by atomic mass is 16.6. The minimum Gasteiger partial charge on any atom is -0.444 e. The quantitative estimate of drug-likeness (QED) is 0.847. The molecule has 2 rings (SSSR count). The Bertz CT molecular complexity index is 491. The predicted octanol–water partition coefficient (Wildman–Crippen LogP) is 3.88. The molecule has 1 aromatic rings. The zero-order chi connectivity index (χ0) is 15.3. The van der Waals surface area contributed by atoms with E-state index in [-0.39, 0.29) is 12.1 Å². The Morgan fingerprint density at radius 1 is 1.52 bits per heavy atom. The molecule has 1 amide bonds. The molecule has 0 radical (unpaired) electrons. The van der Waals surface area contributed by atoms with Crippen molar-refractivity contribution in [1.29, 1.82) is 0 Å². The molecule has 0 N–H and O–H groups in total. The summed E-state index contributed by atoms with van der Waals surface area (Å²) < 4.78 is 5.47. The van der Waals surface area contributed by atoms with Crippen LogP contribution in [0.2, 0.25) is 0 Å². The van der Waals surface area contributed by atoms with Crippen molar-refractivity contribution in [3.05, 3.63) is 36.2 Å². The zero-order valence-electron chi connectivity index (χ0n) is 13.1. The average molecular weight is 288 g/mol. The van der Waals surface area contributed by atoms with E-state index in [0.29, 0.717) is 0 Å². The van der Waals surface area contributed by atoms with Crippen LogP contribution in [0.4, 0.5) is 4.79 Å². The Hall–Kier alpha value is -1.84. The van der Waals surface area contributed by atoms with Gasteiger partial charge in [-0.3, -0.25) is 4.98 Å². The van der Waals surface area contributed by atoms with Crippen LogP contribution in [0.1, 0.15) is 45.6 Å². The second-order valence-corrected chi connectivity index (χ2v) is 6.39. The molecule has 114 valence electrons. The van der Waals surface area contributed by atoms with Crippen molar-refractivity contribution in [2.75, 3.05) is 6.54 Å². The summed E-state index contributed by atoms with van der Waals surface area (Å²) in [5, 5.41) is 0. The van der Waals surface area contributed by atoms with Crippen LogP contribution in [-0.4, -0.2) is 34.2 Å². The molecule has 1 aliphatic rings. The number of hydrogen-bond donors (Lipinski definition) is 0. The van der Waals surface area contributed by atoms with E-state index < -0.39 is 5.60 Å². The molecule has 0 aromatic carbocycles. The number of amides is 1. The van der Waals surface area contributed by atoms with Gasteiger partial charge in [-0.15, -0.1) is 0 Å². The van der Waals surface area contributed by atoms with Crippen molar-refractivity contribution in [2.45, 2.75) is 51.7 Å². The molecule has 21 heavy (non-hydrogen) atoms. The van der Waals surface area contributed by atoms with Crippen LogP contribution in [-0.2, 0) is 4.74 Å². The Balaban J connectivity index is 1.90. The molecule has 0 saturated carbocycles. The molecule has 1 atom stereocenters. The minimum absolute atomic E-state index is 0.195. The standard InChI is InChI=1S/C17H24N2O2/c1-17(2,3)21-16(20)19-12-6-10-15(19)9-4-7-14-8-5-11-18-13-14/h4-5,7-8,11,13,15H,6,9-10,12H2,1-3H3/b7-4-. The van der Waals surface area contributed by atoms with Crippen LogP contribution >= 0.6 is 0 Å². The number of carbonyl (C=O) groups is 1. The summed E-state index contributed by atoms with van der Waals surface area (Å²) in [6, 6.07) is 4.18. The maximum atomic E-state index is 12.2. The van der Waals surface area contributed by atoms with E-state index in [9.17, 15) is 4.79 Å². The molecule has 0 aliphatic carbocycles. The first-order valence-corrected chi connectivity index (χ1v) is 7.52. The van der Waals surface area contributed by atoms with Gasteiger partial charge in [-0.25, -0.2) is 4.79 Å². The third kappa shape index (κ3) is 4.88. The fraction of sp³-hybridized carbons (Fsp3) is 0.529. The van der Waals surface area contributed by atoms with Crippen LogP contribution in [0.25, 0.3) is 6.08 Å². The van der Waals surface area contributed by atoms with Crippen molar-refractivity contribution in [3.8, 4) is 0 Å². The average Bonchev–Trinajstić information content (AvgIpc) is 2.86. The van der Waals surface area contributed by atoms with Crippen LogP contribution in [0.3, 0.4) is 0 Å². The van der Waals surface area contributed by atoms with E-state index in [0.717, 1.165) is 31.4 Å². The molecule has 1 unspecified atom stereocenters. The van der Waals surface area contributed by atoms with E-state index in [4.69, 9.17) is 4.74 Å². The molecule has 1 aromatic heterocycles. The summed E-state index contributed by atoms with van der Waals surface area (Å²) in [5.41, 5.74) is 0.648.